The fraction of sp³-hybridized carbons (Fsp3) is 0.900. The standard InChI is InChI=1S/C10H21NO2/c1-3-9(11)7-5-6-8-10(12)13-4-2/h9H,3-8,11H2,1-2H3. The van der Waals surface area contributed by atoms with Crippen LogP contribution in [0.25, 0.3) is 0 Å². The average molecular weight is 187 g/mol. The summed E-state index contributed by atoms with van der Waals surface area (Å²) in [7, 11) is 0. The summed E-state index contributed by atoms with van der Waals surface area (Å²) in [5.41, 5.74) is 5.73. The van der Waals surface area contributed by atoms with Crippen molar-refractivity contribution in [1.82, 2.24) is 0 Å². The first-order valence-electron chi connectivity index (χ1n) is 5.11. The van der Waals surface area contributed by atoms with Gasteiger partial charge >= 0.3 is 5.97 Å². The summed E-state index contributed by atoms with van der Waals surface area (Å²) in [6.07, 6.45) is 4.47. The minimum atomic E-state index is -0.0902. The Bertz CT molecular complexity index is 137. The van der Waals surface area contributed by atoms with Crippen molar-refractivity contribution in [2.75, 3.05) is 6.61 Å². The maximum absolute atomic E-state index is 10.9. The van der Waals surface area contributed by atoms with E-state index in [0.29, 0.717) is 19.1 Å². The van der Waals surface area contributed by atoms with Gasteiger partial charge in [-0.2, -0.15) is 0 Å². The maximum Gasteiger partial charge on any atom is 0.305 e. The molecule has 0 saturated heterocycles. The third-order valence-corrected chi connectivity index (χ3v) is 2.04. The highest BCUT2D eigenvalue weighted by molar-refractivity contribution is 5.69. The minimum absolute atomic E-state index is 0.0902. The Morgan fingerprint density at radius 3 is 2.62 bits per heavy atom. The van der Waals surface area contributed by atoms with Crippen molar-refractivity contribution < 1.29 is 9.53 Å². The molecule has 2 N–H and O–H groups in total. The first kappa shape index (κ1) is 12.4. The number of hydrogen-bond donors (Lipinski definition) is 1. The molecule has 3 heteroatoms. The van der Waals surface area contributed by atoms with Gasteiger partial charge in [-0.25, -0.2) is 0 Å². The lowest BCUT2D eigenvalue weighted by atomic mass is 10.1. The van der Waals surface area contributed by atoms with Gasteiger partial charge in [0.15, 0.2) is 0 Å². The van der Waals surface area contributed by atoms with Crippen LogP contribution in [-0.2, 0) is 9.53 Å². The predicted octanol–water partition coefficient (Wildman–Crippen LogP) is 1.85. The lowest BCUT2D eigenvalue weighted by Crippen LogP contribution is -2.18. The third kappa shape index (κ3) is 7.78. The molecule has 0 aromatic heterocycles. The second-order valence-electron chi connectivity index (χ2n) is 3.22. The van der Waals surface area contributed by atoms with Gasteiger partial charge in [0.25, 0.3) is 0 Å². The summed E-state index contributed by atoms with van der Waals surface area (Å²) >= 11 is 0. The van der Waals surface area contributed by atoms with Gasteiger partial charge in [0.05, 0.1) is 6.61 Å². The number of unbranched alkanes of at least 4 members (excludes halogenated alkanes) is 1. The molecule has 1 atom stereocenters. The fourth-order valence-electron chi connectivity index (χ4n) is 1.11. The Morgan fingerprint density at radius 2 is 2.08 bits per heavy atom. The molecule has 0 aromatic rings. The highest BCUT2D eigenvalue weighted by Crippen LogP contribution is 2.05. The van der Waals surface area contributed by atoms with Crippen molar-refractivity contribution in [3.8, 4) is 0 Å². The molecule has 0 amide bonds. The van der Waals surface area contributed by atoms with Gasteiger partial charge in [-0.1, -0.05) is 13.3 Å². The molecule has 0 saturated carbocycles. The molecule has 0 heterocycles. The normalized spacial score (nSPS) is 12.5. The second-order valence-corrected chi connectivity index (χ2v) is 3.22. The van der Waals surface area contributed by atoms with Crippen LogP contribution in [0.2, 0.25) is 0 Å². The van der Waals surface area contributed by atoms with Gasteiger partial charge in [-0.05, 0) is 26.2 Å². The summed E-state index contributed by atoms with van der Waals surface area (Å²) in [5.74, 6) is -0.0902. The van der Waals surface area contributed by atoms with E-state index in [0.717, 1.165) is 25.7 Å². The van der Waals surface area contributed by atoms with Crippen molar-refractivity contribution in [3.63, 3.8) is 0 Å². The molecule has 0 aliphatic carbocycles. The summed E-state index contributed by atoms with van der Waals surface area (Å²) in [5, 5.41) is 0. The number of ether oxygens (including phenoxy) is 1. The summed E-state index contributed by atoms with van der Waals surface area (Å²) in [4.78, 5) is 10.9. The number of nitrogens with two attached hydrogens (primary N) is 1. The number of hydrogen-bond acceptors (Lipinski definition) is 3. The first-order valence-corrected chi connectivity index (χ1v) is 5.11. The molecule has 0 aliphatic rings. The van der Waals surface area contributed by atoms with E-state index in [2.05, 4.69) is 6.92 Å². The number of rotatable bonds is 7. The van der Waals surface area contributed by atoms with E-state index in [-0.39, 0.29) is 5.97 Å². The van der Waals surface area contributed by atoms with E-state index in [1.54, 1.807) is 0 Å². The van der Waals surface area contributed by atoms with Crippen LogP contribution in [0.3, 0.4) is 0 Å². The number of carbonyl (C=O) groups excluding carboxylic acids is 1. The quantitative estimate of drug-likeness (QED) is 0.489. The van der Waals surface area contributed by atoms with Gasteiger partial charge in [-0.3, -0.25) is 4.79 Å². The lowest BCUT2D eigenvalue weighted by Gasteiger charge is -2.07. The zero-order chi connectivity index (χ0) is 10.1. The fourth-order valence-corrected chi connectivity index (χ4v) is 1.11. The molecule has 0 spiro atoms. The zero-order valence-corrected chi connectivity index (χ0v) is 8.71. The van der Waals surface area contributed by atoms with Gasteiger partial charge in [-0.15, -0.1) is 0 Å². The molecule has 0 aliphatic heterocycles. The molecular formula is C10H21NO2. The maximum atomic E-state index is 10.9. The molecule has 0 rings (SSSR count). The third-order valence-electron chi connectivity index (χ3n) is 2.04. The van der Waals surface area contributed by atoms with Crippen molar-refractivity contribution in [2.45, 2.75) is 52.0 Å². The highest BCUT2D eigenvalue weighted by atomic mass is 16.5. The Hall–Kier alpha value is -0.570. The zero-order valence-electron chi connectivity index (χ0n) is 8.71. The molecule has 0 bridgehead atoms. The second kappa shape index (κ2) is 8.05. The van der Waals surface area contributed by atoms with Crippen molar-refractivity contribution in [2.24, 2.45) is 5.73 Å². The van der Waals surface area contributed by atoms with Crippen molar-refractivity contribution >= 4 is 5.97 Å². The van der Waals surface area contributed by atoms with Gasteiger partial charge < -0.3 is 10.5 Å². The Morgan fingerprint density at radius 1 is 1.38 bits per heavy atom. The van der Waals surface area contributed by atoms with Crippen LogP contribution in [0, 0.1) is 0 Å². The Balaban J connectivity index is 3.20. The SMILES string of the molecule is CCOC(=O)CCCCC(N)CC. The topological polar surface area (TPSA) is 52.3 Å². The van der Waals surface area contributed by atoms with E-state index in [4.69, 9.17) is 10.5 Å². The van der Waals surface area contributed by atoms with E-state index in [1.165, 1.54) is 0 Å². The lowest BCUT2D eigenvalue weighted by molar-refractivity contribution is -0.143. The van der Waals surface area contributed by atoms with Crippen LogP contribution in [0.1, 0.15) is 46.0 Å². The Kier molecular flexibility index (Phi) is 7.69. The van der Waals surface area contributed by atoms with Crippen molar-refractivity contribution in [1.29, 1.82) is 0 Å². The summed E-state index contributed by atoms with van der Waals surface area (Å²) in [6.45, 7) is 4.38. The molecular weight excluding hydrogens is 166 g/mol. The molecule has 0 aromatic carbocycles. The largest absolute Gasteiger partial charge is 0.466 e. The molecule has 13 heavy (non-hydrogen) atoms. The first-order chi connectivity index (χ1) is 6.20. The van der Waals surface area contributed by atoms with Gasteiger partial charge in [0.2, 0.25) is 0 Å². The van der Waals surface area contributed by atoms with Crippen LogP contribution >= 0.6 is 0 Å². The number of carbonyl (C=O) groups is 1. The molecule has 1 unspecified atom stereocenters. The van der Waals surface area contributed by atoms with E-state index in [9.17, 15) is 4.79 Å². The van der Waals surface area contributed by atoms with Crippen LogP contribution in [0.4, 0.5) is 0 Å². The number of esters is 1. The highest BCUT2D eigenvalue weighted by Gasteiger charge is 2.02. The van der Waals surface area contributed by atoms with Gasteiger partial charge in [0, 0.05) is 12.5 Å². The van der Waals surface area contributed by atoms with Crippen LogP contribution in [-0.4, -0.2) is 18.6 Å². The van der Waals surface area contributed by atoms with Crippen molar-refractivity contribution in [3.05, 3.63) is 0 Å². The smallest absolute Gasteiger partial charge is 0.305 e. The van der Waals surface area contributed by atoms with Crippen LogP contribution in [0.5, 0.6) is 0 Å². The van der Waals surface area contributed by atoms with Gasteiger partial charge in [0.1, 0.15) is 0 Å². The van der Waals surface area contributed by atoms with E-state index >= 15 is 0 Å². The Labute approximate surface area is 80.6 Å². The monoisotopic (exact) mass is 187 g/mol. The predicted molar refractivity (Wildman–Crippen MR) is 53.4 cm³/mol. The minimum Gasteiger partial charge on any atom is -0.466 e. The van der Waals surface area contributed by atoms with E-state index < -0.39 is 0 Å². The summed E-state index contributed by atoms with van der Waals surface area (Å²) < 4.78 is 4.81. The average Bonchev–Trinajstić information content (AvgIpc) is 2.12. The van der Waals surface area contributed by atoms with E-state index in [1.807, 2.05) is 6.92 Å². The molecule has 0 fully saturated rings. The van der Waals surface area contributed by atoms with Crippen LogP contribution in [0.15, 0.2) is 0 Å². The molecule has 3 nitrogen and oxygen atoms in total. The van der Waals surface area contributed by atoms with Crippen LogP contribution < -0.4 is 5.73 Å². The molecule has 78 valence electrons. The summed E-state index contributed by atoms with van der Waals surface area (Å²) in [6, 6.07) is 0.294. The molecule has 0 radical (unpaired) electrons.